The van der Waals surface area contributed by atoms with Crippen LogP contribution in [0, 0.1) is 11.8 Å². The maximum Gasteiger partial charge on any atom is 0.222 e. The Balaban J connectivity index is 1.24. The molecule has 0 unspecified atom stereocenters. The summed E-state index contributed by atoms with van der Waals surface area (Å²) in [6.45, 7) is 4.10. The van der Waals surface area contributed by atoms with Gasteiger partial charge in [-0.25, -0.2) is 0 Å². The van der Waals surface area contributed by atoms with Crippen LogP contribution in [0.2, 0.25) is 5.02 Å². The zero-order chi connectivity index (χ0) is 18.8. The fourth-order valence-corrected chi connectivity index (χ4v) is 4.49. The first-order chi connectivity index (χ1) is 13.1. The Labute approximate surface area is 167 Å². The zero-order valence-corrected chi connectivity index (χ0v) is 17.1. The van der Waals surface area contributed by atoms with E-state index in [-0.39, 0.29) is 6.10 Å². The summed E-state index contributed by atoms with van der Waals surface area (Å²) in [6.07, 6.45) is 8.02. The van der Waals surface area contributed by atoms with Crippen molar-refractivity contribution in [3.63, 3.8) is 0 Å². The number of amides is 1. The van der Waals surface area contributed by atoms with Gasteiger partial charge in [0.1, 0.15) is 5.75 Å². The summed E-state index contributed by atoms with van der Waals surface area (Å²) in [7, 11) is 1.94. The predicted molar refractivity (Wildman–Crippen MR) is 108 cm³/mol. The van der Waals surface area contributed by atoms with E-state index in [1.807, 2.05) is 24.1 Å². The van der Waals surface area contributed by atoms with Crippen molar-refractivity contribution >= 4 is 17.5 Å². The first kappa shape index (κ1) is 19.1. The lowest BCUT2D eigenvalue weighted by atomic mass is 9.82. The molecule has 4 nitrogen and oxygen atoms in total. The van der Waals surface area contributed by atoms with Gasteiger partial charge in [0.25, 0.3) is 0 Å². The molecule has 2 saturated carbocycles. The van der Waals surface area contributed by atoms with Crippen molar-refractivity contribution in [2.45, 2.75) is 57.6 Å². The fourth-order valence-electron chi connectivity index (χ4n) is 4.26. The molecule has 1 heterocycles. The van der Waals surface area contributed by atoms with Crippen LogP contribution < -0.4 is 4.74 Å². The fraction of sp³-hybridized carbons (Fsp3) is 0.682. The van der Waals surface area contributed by atoms with Crippen LogP contribution in [0.25, 0.3) is 0 Å². The van der Waals surface area contributed by atoms with Crippen LogP contribution in [-0.2, 0) is 11.3 Å². The Morgan fingerprint density at radius 2 is 1.96 bits per heavy atom. The molecule has 27 heavy (non-hydrogen) atoms. The molecule has 3 aliphatic rings. The first-order valence-electron chi connectivity index (χ1n) is 10.5. The summed E-state index contributed by atoms with van der Waals surface area (Å²) in [5.41, 5.74) is 1.16. The summed E-state index contributed by atoms with van der Waals surface area (Å²) in [4.78, 5) is 16.5. The predicted octanol–water partition coefficient (Wildman–Crippen LogP) is 4.35. The van der Waals surface area contributed by atoms with E-state index < -0.39 is 0 Å². The zero-order valence-electron chi connectivity index (χ0n) is 16.3. The molecule has 1 aromatic carbocycles. The third-order valence-corrected chi connectivity index (χ3v) is 6.67. The number of rotatable bonds is 8. The van der Waals surface area contributed by atoms with E-state index in [0.29, 0.717) is 17.7 Å². The van der Waals surface area contributed by atoms with Crippen LogP contribution >= 0.6 is 11.6 Å². The maximum atomic E-state index is 12.1. The Hall–Kier alpha value is -1.26. The van der Waals surface area contributed by atoms with E-state index in [1.54, 1.807) is 0 Å². The molecule has 1 aromatic rings. The Kier molecular flexibility index (Phi) is 5.93. The van der Waals surface area contributed by atoms with E-state index in [0.717, 1.165) is 48.7 Å². The van der Waals surface area contributed by atoms with Crippen LogP contribution in [0.4, 0.5) is 0 Å². The molecule has 1 amide bonds. The number of ether oxygens (including phenoxy) is 1. The second-order valence-electron chi connectivity index (χ2n) is 8.71. The minimum absolute atomic E-state index is 0.224. The van der Waals surface area contributed by atoms with Gasteiger partial charge in [0, 0.05) is 26.6 Å². The van der Waals surface area contributed by atoms with Gasteiger partial charge in [-0.05, 0) is 75.1 Å². The minimum Gasteiger partial charge on any atom is -0.489 e. The summed E-state index contributed by atoms with van der Waals surface area (Å²) in [5, 5.41) is 0.768. The molecule has 1 saturated heterocycles. The number of carbonyl (C=O) groups excluding carboxylic acids is 1. The van der Waals surface area contributed by atoms with Crippen molar-refractivity contribution in [2.75, 3.05) is 26.7 Å². The van der Waals surface area contributed by atoms with Gasteiger partial charge in [0.05, 0.1) is 11.1 Å². The SMILES string of the molecule is CN(CC1CC(Oc2cccc(CN3CCCC3)c2Cl)C1)C(=O)CC1CC1. The highest BCUT2D eigenvalue weighted by Gasteiger charge is 2.34. The number of halogens is 1. The highest BCUT2D eigenvalue weighted by Crippen LogP contribution is 2.37. The van der Waals surface area contributed by atoms with Gasteiger partial charge in [-0.1, -0.05) is 23.7 Å². The molecular formula is C22H31ClN2O2. The standard InChI is InChI=1S/C22H31ClN2O2/c1-24(21(26)13-16-7-8-16)14-17-11-19(12-17)27-20-6-4-5-18(22(20)23)15-25-9-2-3-10-25/h4-6,16-17,19H,2-3,7-15H2,1H3. The van der Waals surface area contributed by atoms with E-state index in [2.05, 4.69) is 11.0 Å². The molecule has 4 rings (SSSR count). The molecule has 0 N–H and O–H groups in total. The number of hydrogen-bond donors (Lipinski definition) is 0. The molecule has 0 bridgehead atoms. The van der Waals surface area contributed by atoms with Crippen molar-refractivity contribution in [2.24, 2.45) is 11.8 Å². The van der Waals surface area contributed by atoms with Crippen molar-refractivity contribution in [3.8, 4) is 5.75 Å². The van der Waals surface area contributed by atoms with Crippen molar-refractivity contribution in [1.29, 1.82) is 0 Å². The van der Waals surface area contributed by atoms with E-state index in [1.165, 1.54) is 38.8 Å². The summed E-state index contributed by atoms with van der Waals surface area (Å²) in [6, 6.07) is 6.14. The molecule has 2 aliphatic carbocycles. The van der Waals surface area contributed by atoms with Gasteiger partial charge in [-0.3, -0.25) is 9.69 Å². The van der Waals surface area contributed by atoms with E-state index in [4.69, 9.17) is 16.3 Å². The Bertz CT molecular complexity index is 664. The number of likely N-dealkylation sites (tertiary alicyclic amines) is 1. The lowest BCUT2D eigenvalue weighted by Gasteiger charge is -2.37. The van der Waals surface area contributed by atoms with Crippen LogP contribution in [0.5, 0.6) is 5.75 Å². The summed E-state index contributed by atoms with van der Waals surface area (Å²) < 4.78 is 6.18. The molecule has 1 aliphatic heterocycles. The largest absolute Gasteiger partial charge is 0.489 e. The Morgan fingerprint density at radius 1 is 1.22 bits per heavy atom. The van der Waals surface area contributed by atoms with Gasteiger partial charge >= 0.3 is 0 Å². The quantitative estimate of drug-likeness (QED) is 0.661. The van der Waals surface area contributed by atoms with Gasteiger partial charge < -0.3 is 9.64 Å². The molecule has 0 radical (unpaired) electrons. The summed E-state index contributed by atoms with van der Waals surface area (Å²) in [5.74, 6) is 2.33. The lowest BCUT2D eigenvalue weighted by Crippen LogP contribution is -2.42. The molecule has 0 spiro atoms. The average Bonchev–Trinajstić information content (AvgIpc) is 3.28. The second-order valence-corrected chi connectivity index (χ2v) is 9.09. The summed E-state index contributed by atoms with van der Waals surface area (Å²) >= 11 is 6.62. The van der Waals surface area contributed by atoms with Crippen LogP contribution in [-0.4, -0.2) is 48.5 Å². The number of carbonyl (C=O) groups is 1. The third-order valence-electron chi connectivity index (χ3n) is 6.24. The Morgan fingerprint density at radius 3 is 2.67 bits per heavy atom. The first-order valence-corrected chi connectivity index (χ1v) is 10.9. The van der Waals surface area contributed by atoms with E-state index in [9.17, 15) is 4.79 Å². The number of hydrogen-bond acceptors (Lipinski definition) is 3. The topological polar surface area (TPSA) is 32.8 Å². The van der Waals surface area contributed by atoms with Gasteiger partial charge in [-0.15, -0.1) is 0 Å². The molecule has 0 aromatic heterocycles. The molecular weight excluding hydrogens is 360 g/mol. The van der Waals surface area contributed by atoms with Crippen LogP contribution in [0.1, 0.15) is 50.5 Å². The molecule has 0 atom stereocenters. The maximum absolute atomic E-state index is 12.1. The molecule has 148 valence electrons. The third kappa shape index (κ3) is 4.97. The molecule has 3 fully saturated rings. The van der Waals surface area contributed by atoms with Crippen molar-refractivity contribution in [3.05, 3.63) is 28.8 Å². The van der Waals surface area contributed by atoms with Crippen LogP contribution in [0.15, 0.2) is 18.2 Å². The van der Waals surface area contributed by atoms with Crippen molar-refractivity contribution < 1.29 is 9.53 Å². The number of nitrogens with zero attached hydrogens (tertiary/aromatic N) is 2. The molecule has 5 heteroatoms. The van der Waals surface area contributed by atoms with Crippen LogP contribution in [0.3, 0.4) is 0 Å². The van der Waals surface area contributed by atoms with Crippen molar-refractivity contribution in [1.82, 2.24) is 9.80 Å². The smallest absolute Gasteiger partial charge is 0.222 e. The van der Waals surface area contributed by atoms with Gasteiger partial charge in [0.15, 0.2) is 0 Å². The lowest BCUT2D eigenvalue weighted by molar-refractivity contribution is -0.131. The second kappa shape index (κ2) is 8.40. The van der Waals surface area contributed by atoms with E-state index >= 15 is 0 Å². The monoisotopic (exact) mass is 390 g/mol. The highest BCUT2D eigenvalue weighted by molar-refractivity contribution is 6.32. The van der Waals surface area contributed by atoms with Gasteiger partial charge in [-0.2, -0.15) is 0 Å². The minimum atomic E-state index is 0.224. The normalized spacial score (nSPS) is 25.3. The van der Waals surface area contributed by atoms with Gasteiger partial charge in [0.2, 0.25) is 5.91 Å². The number of benzene rings is 1. The average molecular weight is 391 g/mol. The highest BCUT2D eigenvalue weighted by atomic mass is 35.5.